The van der Waals surface area contributed by atoms with Gasteiger partial charge in [0, 0.05) is 50.0 Å². The lowest BCUT2D eigenvalue weighted by molar-refractivity contribution is -0.126. The van der Waals surface area contributed by atoms with Gasteiger partial charge in [-0.3, -0.25) is 9.59 Å². The average molecular weight is 489 g/mol. The largest absolute Gasteiger partial charge is 0.477 e. The third kappa shape index (κ3) is 5.74. The molecule has 2 amide bonds. The summed E-state index contributed by atoms with van der Waals surface area (Å²) in [5, 5.41) is 2.88. The smallest absolute Gasteiger partial charge is 0.243 e. The third-order valence-corrected chi connectivity index (χ3v) is 7.80. The molecular weight excluding hydrogens is 456 g/mol. The second-order valence-electron chi connectivity index (χ2n) is 8.02. The zero-order valence-electron chi connectivity index (χ0n) is 19.9. The van der Waals surface area contributed by atoms with Crippen LogP contribution in [0.15, 0.2) is 47.5 Å². The van der Waals surface area contributed by atoms with E-state index in [1.54, 1.807) is 38.2 Å². The Hall–Kier alpha value is -2.98. The van der Waals surface area contributed by atoms with Crippen molar-refractivity contribution in [1.29, 1.82) is 0 Å². The fraction of sp³-hybridized carbons (Fsp3) is 0.458. The molecule has 1 aliphatic heterocycles. The number of hydrogen-bond acceptors (Lipinski definition) is 6. The van der Waals surface area contributed by atoms with Crippen molar-refractivity contribution in [3.8, 4) is 5.88 Å². The van der Waals surface area contributed by atoms with Gasteiger partial charge in [-0.1, -0.05) is 26.8 Å². The topological polar surface area (TPSA) is 109 Å². The van der Waals surface area contributed by atoms with Gasteiger partial charge in [0.25, 0.3) is 0 Å². The predicted molar refractivity (Wildman–Crippen MR) is 129 cm³/mol. The van der Waals surface area contributed by atoms with Crippen molar-refractivity contribution in [2.24, 2.45) is 5.92 Å². The zero-order chi connectivity index (χ0) is 24.7. The van der Waals surface area contributed by atoms with E-state index in [0.29, 0.717) is 31.3 Å². The summed E-state index contributed by atoms with van der Waals surface area (Å²) in [7, 11) is -3.57. The number of nitrogens with one attached hydrogen (secondary N) is 1. The summed E-state index contributed by atoms with van der Waals surface area (Å²) in [4.78, 5) is 31.3. The van der Waals surface area contributed by atoms with Gasteiger partial charge in [0.1, 0.15) is 0 Å². The maximum Gasteiger partial charge on any atom is 0.243 e. The number of amides is 2. The molecule has 1 saturated heterocycles. The van der Waals surface area contributed by atoms with E-state index < -0.39 is 15.9 Å². The molecule has 0 bridgehead atoms. The molecule has 34 heavy (non-hydrogen) atoms. The monoisotopic (exact) mass is 488 g/mol. The molecule has 10 heteroatoms. The number of ether oxygens (including phenoxy) is 1. The van der Waals surface area contributed by atoms with Crippen LogP contribution in [0.3, 0.4) is 0 Å². The Kier molecular flexibility index (Phi) is 8.62. The van der Waals surface area contributed by atoms with Gasteiger partial charge in [0.15, 0.2) is 0 Å². The summed E-state index contributed by atoms with van der Waals surface area (Å²) in [6, 6.07) is 9.86. The number of pyridine rings is 1. The number of carbonyl (C=O) groups excluding carboxylic acids is 2. The minimum absolute atomic E-state index is 0.0948. The average Bonchev–Trinajstić information content (AvgIpc) is 3.24. The van der Waals surface area contributed by atoms with Crippen LogP contribution in [0.25, 0.3) is 0 Å². The van der Waals surface area contributed by atoms with Crippen LogP contribution >= 0.6 is 0 Å². The standard InChI is InChI=1S/C24H32N4O5S/c1-4-14-33-24-18(8-7-13-25-24)16-26-23(30)19-15-22(29)28(17-19)20-9-11-21(12-10-20)34(31,32)27(5-2)6-3/h7-13,19H,4-6,14-17H2,1-3H3,(H,26,30). The number of nitrogens with zero attached hydrogens (tertiary/aromatic N) is 3. The Morgan fingerprint density at radius 2 is 1.88 bits per heavy atom. The Labute approximate surface area is 201 Å². The Morgan fingerprint density at radius 3 is 2.53 bits per heavy atom. The lowest BCUT2D eigenvalue weighted by Crippen LogP contribution is -2.33. The van der Waals surface area contributed by atoms with Gasteiger partial charge >= 0.3 is 0 Å². The molecule has 1 fully saturated rings. The van der Waals surface area contributed by atoms with Crippen LogP contribution in [0.5, 0.6) is 5.88 Å². The normalized spacial score (nSPS) is 16.2. The fourth-order valence-electron chi connectivity index (χ4n) is 3.86. The lowest BCUT2D eigenvalue weighted by atomic mass is 10.1. The minimum Gasteiger partial charge on any atom is -0.477 e. The van der Waals surface area contributed by atoms with E-state index in [1.165, 1.54) is 21.3 Å². The SMILES string of the molecule is CCCOc1ncccc1CNC(=O)C1CC(=O)N(c2ccc(S(=O)(=O)N(CC)CC)cc2)C1. The number of aromatic nitrogens is 1. The number of anilines is 1. The van der Waals surface area contributed by atoms with Crippen molar-refractivity contribution in [1.82, 2.24) is 14.6 Å². The van der Waals surface area contributed by atoms with Crippen molar-refractivity contribution in [2.75, 3.05) is 31.1 Å². The van der Waals surface area contributed by atoms with Crippen molar-refractivity contribution in [3.05, 3.63) is 48.2 Å². The molecule has 0 saturated carbocycles. The minimum atomic E-state index is -3.57. The fourth-order valence-corrected chi connectivity index (χ4v) is 5.32. The van der Waals surface area contributed by atoms with E-state index in [0.717, 1.165) is 12.0 Å². The molecule has 1 N–H and O–H groups in total. The van der Waals surface area contributed by atoms with Crippen LogP contribution in [0.2, 0.25) is 0 Å². The first kappa shape index (κ1) is 25.6. The van der Waals surface area contributed by atoms with E-state index in [-0.39, 0.29) is 36.2 Å². The summed E-state index contributed by atoms with van der Waals surface area (Å²) in [5.74, 6) is -0.397. The molecular formula is C24H32N4O5S. The lowest BCUT2D eigenvalue weighted by Gasteiger charge is -2.20. The molecule has 0 aliphatic carbocycles. The van der Waals surface area contributed by atoms with Crippen LogP contribution in [0.1, 0.15) is 39.2 Å². The summed E-state index contributed by atoms with van der Waals surface area (Å²) in [6.45, 7) is 7.38. The maximum atomic E-state index is 12.8. The van der Waals surface area contributed by atoms with E-state index in [9.17, 15) is 18.0 Å². The number of rotatable bonds is 11. The molecule has 2 heterocycles. The molecule has 184 valence electrons. The highest BCUT2D eigenvalue weighted by molar-refractivity contribution is 7.89. The number of sulfonamides is 1. The number of hydrogen-bond donors (Lipinski definition) is 1. The summed E-state index contributed by atoms with van der Waals surface area (Å²) >= 11 is 0. The summed E-state index contributed by atoms with van der Waals surface area (Å²) in [6.07, 6.45) is 2.59. The van der Waals surface area contributed by atoms with E-state index in [1.807, 2.05) is 13.0 Å². The van der Waals surface area contributed by atoms with Gasteiger partial charge in [-0.15, -0.1) is 0 Å². The Balaban J connectivity index is 1.63. The molecule has 1 aromatic carbocycles. The highest BCUT2D eigenvalue weighted by atomic mass is 32.2. The van der Waals surface area contributed by atoms with Crippen LogP contribution in [-0.2, 0) is 26.2 Å². The van der Waals surface area contributed by atoms with Gasteiger partial charge in [-0.2, -0.15) is 4.31 Å². The third-order valence-electron chi connectivity index (χ3n) is 5.73. The highest BCUT2D eigenvalue weighted by Gasteiger charge is 2.35. The van der Waals surface area contributed by atoms with Crippen molar-refractivity contribution in [2.45, 2.75) is 45.1 Å². The molecule has 2 aromatic rings. The molecule has 9 nitrogen and oxygen atoms in total. The van der Waals surface area contributed by atoms with Gasteiger partial charge in [-0.25, -0.2) is 13.4 Å². The zero-order valence-corrected chi connectivity index (χ0v) is 20.7. The van der Waals surface area contributed by atoms with Crippen LogP contribution in [-0.4, -0.2) is 55.8 Å². The van der Waals surface area contributed by atoms with Gasteiger partial charge < -0.3 is 15.0 Å². The van der Waals surface area contributed by atoms with Crippen molar-refractivity contribution >= 4 is 27.5 Å². The molecule has 3 rings (SSSR count). The molecule has 1 atom stereocenters. The van der Waals surface area contributed by atoms with Gasteiger partial charge in [0.05, 0.1) is 17.4 Å². The quantitative estimate of drug-likeness (QED) is 0.521. The Morgan fingerprint density at radius 1 is 1.18 bits per heavy atom. The second kappa shape index (κ2) is 11.4. The van der Waals surface area contributed by atoms with Crippen LogP contribution < -0.4 is 15.0 Å². The molecule has 0 spiro atoms. The van der Waals surface area contributed by atoms with E-state index in [4.69, 9.17) is 4.74 Å². The first-order valence-electron chi connectivity index (χ1n) is 11.6. The summed E-state index contributed by atoms with van der Waals surface area (Å²) in [5.41, 5.74) is 1.34. The van der Waals surface area contributed by atoms with Gasteiger partial charge in [0.2, 0.25) is 27.7 Å². The van der Waals surface area contributed by atoms with Crippen LogP contribution in [0, 0.1) is 5.92 Å². The first-order chi connectivity index (χ1) is 16.3. The van der Waals surface area contributed by atoms with Gasteiger partial charge in [-0.05, 0) is 36.8 Å². The molecule has 1 aliphatic rings. The Bertz CT molecular complexity index is 1100. The molecule has 1 aromatic heterocycles. The second-order valence-corrected chi connectivity index (χ2v) is 9.96. The molecule has 1 unspecified atom stereocenters. The first-order valence-corrected chi connectivity index (χ1v) is 13.0. The number of carbonyl (C=O) groups is 2. The summed E-state index contributed by atoms with van der Waals surface area (Å²) < 4.78 is 32.4. The van der Waals surface area contributed by atoms with E-state index in [2.05, 4.69) is 10.3 Å². The highest BCUT2D eigenvalue weighted by Crippen LogP contribution is 2.27. The number of benzene rings is 1. The molecule has 0 radical (unpaired) electrons. The van der Waals surface area contributed by atoms with Crippen molar-refractivity contribution in [3.63, 3.8) is 0 Å². The van der Waals surface area contributed by atoms with Crippen molar-refractivity contribution < 1.29 is 22.7 Å². The maximum absolute atomic E-state index is 12.8. The van der Waals surface area contributed by atoms with E-state index >= 15 is 0 Å². The predicted octanol–water partition coefficient (Wildman–Crippen LogP) is 2.57. The van der Waals surface area contributed by atoms with Crippen LogP contribution in [0.4, 0.5) is 5.69 Å².